The average molecular weight is 338 g/mol. The summed E-state index contributed by atoms with van der Waals surface area (Å²) in [4.78, 5) is 32.0. The van der Waals surface area contributed by atoms with Crippen LogP contribution in [0.15, 0.2) is 47.8 Å². The minimum absolute atomic E-state index is 0.0968. The van der Waals surface area contributed by atoms with E-state index < -0.39 is 5.91 Å². The number of nitrogens with two attached hydrogens (primary N) is 1. The minimum atomic E-state index is -0.646. The van der Waals surface area contributed by atoms with Crippen LogP contribution in [-0.2, 0) is 0 Å². The number of aryl methyl sites for hydroxylation is 1. The van der Waals surface area contributed by atoms with Crippen molar-refractivity contribution in [3.63, 3.8) is 0 Å². The van der Waals surface area contributed by atoms with Crippen LogP contribution in [0.2, 0.25) is 0 Å². The quantitative estimate of drug-likeness (QED) is 0.764. The van der Waals surface area contributed by atoms with Gasteiger partial charge in [0.2, 0.25) is 0 Å². The summed E-state index contributed by atoms with van der Waals surface area (Å²) in [6.07, 6.45) is 0. The summed E-state index contributed by atoms with van der Waals surface area (Å²) < 4.78 is 0. The van der Waals surface area contributed by atoms with Crippen molar-refractivity contribution in [3.8, 4) is 11.3 Å². The highest BCUT2D eigenvalue weighted by molar-refractivity contribution is 7.09. The highest BCUT2D eigenvalue weighted by atomic mass is 32.1. The van der Waals surface area contributed by atoms with Crippen LogP contribution in [0, 0.1) is 6.92 Å². The summed E-state index contributed by atoms with van der Waals surface area (Å²) in [7, 11) is 0. The molecule has 0 saturated heterocycles. The number of amides is 2. The maximum Gasteiger partial charge on any atom is 0.267 e. The first kappa shape index (κ1) is 15.8. The maximum atomic E-state index is 12.4. The zero-order chi connectivity index (χ0) is 17.1. The number of hydrogen-bond acceptors (Lipinski definition) is 5. The first-order valence-corrected chi connectivity index (χ1v) is 8.01. The van der Waals surface area contributed by atoms with Crippen molar-refractivity contribution in [2.24, 2.45) is 5.73 Å². The van der Waals surface area contributed by atoms with E-state index in [9.17, 15) is 9.59 Å². The monoisotopic (exact) mass is 338 g/mol. The number of primary amides is 1. The number of nitrogens with zero attached hydrogens (tertiary/aromatic N) is 2. The van der Waals surface area contributed by atoms with Gasteiger partial charge in [0, 0.05) is 16.5 Å². The fraction of sp³-hybridized carbons (Fsp3) is 0.0588. The zero-order valence-electron chi connectivity index (χ0n) is 12.8. The third-order valence-corrected chi connectivity index (χ3v) is 4.06. The molecule has 1 aromatic carbocycles. The third-order valence-electron chi connectivity index (χ3n) is 3.28. The summed E-state index contributed by atoms with van der Waals surface area (Å²) in [5.41, 5.74) is 7.46. The molecule has 2 heterocycles. The highest BCUT2D eigenvalue weighted by Crippen LogP contribution is 2.22. The molecule has 24 heavy (non-hydrogen) atoms. The molecule has 0 aliphatic carbocycles. The van der Waals surface area contributed by atoms with Crippen LogP contribution < -0.4 is 11.1 Å². The fourth-order valence-electron chi connectivity index (χ4n) is 2.15. The van der Waals surface area contributed by atoms with Crippen LogP contribution in [0.25, 0.3) is 11.3 Å². The van der Waals surface area contributed by atoms with E-state index in [1.165, 1.54) is 6.07 Å². The molecule has 3 aromatic rings. The molecular formula is C17H14N4O2S. The van der Waals surface area contributed by atoms with Gasteiger partial charge in [-0.1, -0.05) is 18.2 Å². The molecule has 0 spiro atoms. The Morgan fingerprint density at radius 1 is 1.12 bits per heavy atom. The van der Waals surface area contributed by atoms with E-state index in [0.717, 1.165) is 16.3 Å². The number of carbonyl (C=O) groups excluding carboxylic acids is 2. The van der Waals surface area contributed by atoms with Crippen LogP contribution in [-0.4, -0.2) is 21.8 Å². The molecule has 2 amide bonds. The lowest BCUT2D eigenvalue weighted by Crippen LogP contribution is -2.17. The molecule has 0 unspecified atom stereocenters. The number of hydrogen-bond donors (Lipinski definition) is 2. The van der Waals surface area contributed by atoms with Gasteiger partial charge in [0.15, 0.2) is 0 Å². The van der Waals surface area contributed by atoms with Crippen molar-refractivity contribution in [1.82, 2.24) is 9.97 Å². The Labute approximate surface area is 142 Å². The molecule has 120 valence electrons. The minimum Gasteiger partial charge on any atom is -0.364 e. The van der Waals surface area contributed by atoms with E-state index in [0.29, 0.717) is 5.56 Å². The van der Waals surface area contributed by atoms with Crippen molar-refractivity contribution in [1.29, 1.82) is 0 Å². The maximum absolute atomic E-state index is 12.4. The number of benzene rings is 1. The number of nitrogens with one attached hydrogen (secondary N) is 1. The summed E-state index contributed by atoms with van der Waals surface area (Å²) in [5.74, 6) is -0.698. The predicted molar refractivity (Wildman–Crippen MR) is 93.0 cm³/mol. The topological polar surface area (TPSA) is 98.0 Å². The van der Waals surface area contributed by atoms with Gasteiger partial charge in [0.1, 0.15) is 11.5 Å². The highest BCUT2D eigenvalue weighted by Gasteiger charge is 2.11. The van der Waals surface area contributed by atoms with Gasteiger partial charge in [-0.15, -0.1) is 11.3 Å². The number of rotatable bonds is 4. The van der Waals surface area contributed by atoms with Crippen LogP contribution >= 0.6 is 11.3 Å². The van der Waals surface area contributed by atoms with Gasteiger partial charge in [-0.2, -0.15) is 0 Å². The Morgan fingerprint density at radius 2 is 1.92 bits per heavy atom. The fourth-order valence-corrected chi connectivity index (χ4v) is 2.77. The molecule has 0 fully saturated rings. The van der Waals surface area contributed by atoms with Crippen LogP contribution in [0.5, 0.6) is 0 Å². The van der Waals surface area contributed by atoms with Gasteiger partial charge < -0.3 is 11.1 Å². The number of pyridine rings is 1. The molecule has 3 rings (SSSR count). The standard InChI is InChI=1S/C17H14N4O2S/c1-10-19-14(9-24-10)11-4-2-5-12(8-11)17(23)21-15-7-3-6-13(20-15)16(18)22/h2-9H,1H3,(H2,18,22)(H,20,21,23). The normalized spacial score (nSPS) is 10.4. The third kappa shape index (κ3) is 3.47. The van der Waals surface area contributed by atoms with Crippen LogP contribution in [0.3, 0.4) is 0 Å². The second-order valence-corrected chi connectivity index (χ2v) is 6.12. The lowest BCUT2D eigenvalue weighted by Gasteiger charge is -2.06. The van der Waals surface area contributed by atoms with E-state index in [-0.39, 0.29) is 17.4 Å². The van der Waals surface area contributed by atoms with Crippen molar-refractivity contribution >= 4 is 29.0 Å². The Kier molecular flexibility index (Phi) is 4.35. The molecule has 0 aliphatic rings. The Balaban J connectivity index is 1.83. The Hall–Kier alpha value is -3.06. The van der Waals surface area contributed by atoms with Crippen molar-refractivity contribution < 1.29 is 9.59 Å². The van der Waals surface area contributed by atoms with Crippen LogP contribution in [0.4, 0.5) is 5.82 Å². The Morgan fingerprint density at radius 3 is 2.62 bits per heavy atom. The van der Waals surface area contributed by atoms with Crippen LogP contribution in [0.1, 0.15) is 25.9 Å². The lowest BCUT2D eigenvalue weighted by molar-refractivity contribution is 0.0991. The van der Waals surface area contributed by atoms with E-state index >= 15 is 0 Å². The van der Waals surface area contributed by atoms with E-state index in [4.69, 9.17) is 5.73 Å². The van der Waals surface area contributed by atoms with Crippen molar-refractivity contribution in [2.45, 2.75) is 6.92 Å². The molecule has 6 nitrogen and oxygen atoms in total. The van der Waals surface area contributed by atoms with E-state index in [2.05, 4.69) is 15.3 Å². The predicted octanol–water partition coefficient (Wildman–Crippen LogP) is 2.86. The summed E-state index contributed by atoms with van der Waals surface area (Å²) in [5, 5.41) is 5.58. The van der Waals surface area contributed by atoms with E-state index in [1.807, 2.05) is 18.4 Å². The smallest absolute Gasteiger partial charge is 0.267 e. The van der Waals surface area contributed by atoms with Gasteiger partial charge >= 0.3 is 0 Å². The number of aromatic nitrogens is 2. The summed E-state index contributed by atoms with van der Waals surface area (Å²) in [6, 6.07) is 11.9. The average Bonchev–Trinajstić information content (AvgIpc) is 3.02. The number of anilines is 1. The molecule has 2 aromatic heterocycles. The molecular weight excluding hydrogens is 324 g/mol. The molecule has 0 bridgehead atoms. The van der Waals surface area contributed by atoms with Crippen molar-refractivity contribution in [3.05, 3.63) is 64.1 Å². The Bertz CT molecular complexity index is 920. The second-order valence-electron chi connectivity index (χ2n) is 5.06. The molecule has 0 saturated carbocycles. The summed E-state index contributed by atoms with van der Waals surface area (Å²) in [6.45, 7) is 1.93. The van der Waals surface area contributed by atoms with Gasteiger partial charge in [0.05, 0.1) is 10.7 Å². The largest absolute Gasteiger partial charge is 0.364 e. The number of carbonyl (C=O) groups is 2. The number of thiazole rings is 1. The molecule has 3 N–H and O–H groups in total. The molecule has 7 heteroatoms. The first-order chi connectivity index (χ1) is 11.5. The second kappa shape index (κ2) is 6.59. The molecule has 0 atom stereocenters. The summed E-state index contributed by atoms with van der Waals surface area (Å²) >= 11 is 1.55. The first-order valence-electron chi connectivity index (χ1n) is 7.14. The van der Waals surface area contributed by atoms with Gasteiger partial charge in [-0.3, -0.25) is 9.59 Å². The van der Waals surface area contributed by atoms with Crippen molar-refractivity contribution in [2.75, 3.05) is 5.32 Å². The zero-order valence-corrected chi connectivity index (χ0v) is 13.6. The van der Waals surface area contributed by atoms with Gasteiger partial charge in [-0.05, 0) is 31.2 Å². The van der Waals surface area contributed by atoms with E-state index in [1.54, 1.807) is 41.7 Å². The SMILES string of the molecule is Cc1nc(-c2cccc(C(=O)Nc3cccc(C(N)=O)n3)c2)cs1. The van der Waals surface area contributed by atoms with Gasteiger partial charge in [-0.25, -0.2) is 9.97 Å². The molecule has 0 aliphatic heterocycles. The van der Waals surface area contributed by atoms with Gasteiger partial charge in [0.25, 0.3) is 11.8 Å². The molecule has 0 radical (unpaired) electrons. The lowest BCUT2D eigenvalue weighted by atomic mass is 10.1.